The lowest BCUT2D eigenvalue weighted by Gasteiger charge is -2.19. The van der Waals surface area contributed by atoms with E-state index in [4.69, 9.17) is 18.9 Å². The predicted octanol–water partition coefficient (Wildman–Crippen LogP) is 8.12. The first kappa shape index (κ1) is 31.3. The molecule has 0 heterocycles. The smallest absolute Gasteiger partial charge is 0.344 e. The van der Waals surface area contributed by atoms with Gasteiger partial charge in [0.05, 0.1) is 13.2 Å². The molecular formula is C34H46O6. The predicted molar refractivity (Wildman–Crippen MR) is 161 cm³/mol. The van der Waals surface area contributed by atoms with Crippen molar-refractivity contribution in [2.75, 3.05) is 26.4 Å². The van der Waals surface area contributed by atoms with Gasteiger partial charge < -0.3 is 18.9 Å². The molecule has 0 amide bonds. The summed E-state index contributed by atoms with van der Waals surface area (Å²) in [5, 5.41) is 3.35. The Labute approximate surface area is 239 Å². The van der Waals surface area contributed by atoms with Gasteiger partial charge in [-0.3, -0.25) is 0 Å². The van der Waals surface area contributed by atoms with Crippen LogP contribution in [-0.2, 0) is 31.9 Å². The topological polar surface area (TPSA) is 71.1 Å². The van der Waals surface area contributed by atoms with E-state index < -0.39 is 0 Å². The molecule has 0 aliphatic rings. The highest BCUT2D eigenvalue weighted by atomic mass is 16.6. The van der Waals surface area contributed by atoms with Crippen molar-refractivity contribution in [3.8, 4) is 11.5 Å². The molecule has 0 fully saturated rings. The van der Waals surface area contributed by atoms with Crippen molar-refractivity contribution < 1.29 is 28.5 Å². The van der Waals surface area contributed by atoms with Crippen LogP contribution in [0.15, 0.2) is 36.4 Å². The first-order valence-corrected chi connectivity index (χ1v) is 15.1. The van der Waals surface area contributed by atoms with Crippen molar-refractivity contribution in [2.24, 2.45) is 0 Å². The molecule has 3 aromatic carbocycles. The molecule has 0 unspecified atom stereocenters. The molecule has 0 bridgehead atoms. The summed E-state index contributed by atoms with van der Waals surface area (Å²) in [6.45, 7) is 8.97. The zero-order valence-corrected chi connectivity index (χ0v) is 24.8. The Morgan fingerprint density at radius 3 is 1.35 bits per heavy atom. The Bertz CT molecular complexity index is 1150. The summed E-state index contributed by atoms with van der Waals surface area (Å²) in [7, 11) is 0. The van der Waals surface area contributed by atoms with Gasteiger partial charge in [-0.05, 0) is 48.9 Å². The molecule has 0 aliphatic heterocycles. The van der Waals surface area contributed by atoms with Crippen LogP contribution in [0, 0.1) is 0 Å². The number of hydrogen-bond donors (Lipinski definition) is 0. The Morgan fingerprint density at radius 1 is 0.550 bits per heavy atom. The number of hydrogen-bond acceptors (Lipinski definition) is 6. The van der Waals surface area contributed by atoms with Crippen LogP contribution in [0.1, 0.15) is 90.2 Å². The second-order valence-corrected chi connectivity index (χ2v) is 10.3. The van der Waals surface area contributed by atoms with Crippen LogP contribution >= 0.6 is 0 Å². The third-order valence-corrected chi connectivity index (χ3v) is 7.15. The molecule has 0 spiro atoms. The zero-order valence-electron chi connectivity index (χ0n) is 24.8. The Balaban J connectivity index is 1.89. The number of unbranched alkanes of at least 4 members (excludes halogenated alkanes) is 6. The van der Waals surface area contributed by atoms with Crippen molar-refractivity contribution >= 4 is 33.5 Å². The van der Waals surface area contributed by atoms with Gasteiger partial charge in [-0.1, -0.05) is 90.5 Å². The van der Waals surface area contributed by atoms with Gasteiger partial charge >= 0.3 is 11.9 Å². The SMILES string of the molecule is CCCCCCOC(=O)COc1c2ccc(CC)cc2c(OCC(=O)OCCCCCC)c2ccc(CC)cc12. The first-order valence-electron chi connectivity index (χ1n) is 15.1. The molecule has 3 rings (SSSR count). The average Bonchev–Trinajstić information content (AvgIpc) is 2.97. The summed E-state index contributed by atoms with van der Waals surface area (Å²) >= 11 is 0. The highest BCUT2D eigenvalue weighted by Crippen LogP contribution is 2.43. The number of carbonyl (C=O) groups excluding carboxylic acids is 2. The maximum absolute atomic E-state index is 12.5. The lowest BCUT2D eigenvalue weighted by Crippen LogP contribution is -2.17. The molecule has 218 valence electrons. The molecule has 0 N–H and O–H groups in total. The van der Waals surface area contributed by atoms with Crippen molar-refractivity contribution in [2.45, 2.75) is 91.9 Å². The molecule has 6 heteroatoms. The van der Waals surface area contributed by atoms with Crippen molar-refractivity contribution in [1.29, 1.82) is 0 Å². The van der Waals surface area contributed by atoms with Crippen molar-refractivity contribution in [1.82, 2.24) is 0 Å². The van der Waals surface area contributed by atoms with E-state index >= 15 is 0 Å². The minimum Gasteiger partial charge on any atom is -0.481 e. The minimum atomic E-state index is -0.378. The number of rotatable bonds is 18. The monoisotopic (exact) mass is 550 g/mol. The molecule has 0 saturated carbocycles. The van der Waals surface area contributed by atoms with Crippen LogP contribution in [0.5, 0.6) is 11.5 Å². The lowest BCUT2D eigenvalue weighted by molar-refractivity contribution is -0.147. The number of benzene rings is 3. The third-order valence-electron chi connectivity index (χ3n) is 7.15. The van der Waals surface area contributed by atoms with E-state index in [1.54, 1.807) is 0 Å². The minimum absolute atomic E-state index is 0.172. The number of esters is 2. The number of aryl methyl sites for hydroxylation is 2. The highest BCUT2D eigenvalue weighted by Gasteiger charge is 2.19. The van der Waals surface area contributed by atoms with E-state index in [9.17, 15) is 9.59 Å². The Hall–Kier alpha value is -3.28. The van der Waals surface area contributed by atoms with Gasteiger partial charge in [0.2, 0.25) is 0 Å². The average molecular weight is 551 g/mol. The second kappa shape index (κ2) is 16.7. The van der Waals surface area contributed by atoms with Crippen molar-refractivity contribution in [3.05, 3.63) is 47.5 Å². The molecule has 0 atom stereocenters. The summed E-state index contributed by atoms with van der Waals surface area (Å²) in [6, 6.07) is 12.3. The number of carbonyl (C=O) groups is 2. The maximum atomic E-state index is 12.5. The molecule has 0 aliphatic carbocycles. The van der Waals surface area contributed by atoms with E-state index in [0.29, 0.717) is 24.7 Å². The summed E-state index contributed by atoms with van der Waals surface area (Å²) < 4.78 is 23.2. The fourth-order valence-corrected chi connectivity index (χ4v) is 4.77. The summed E-state index contributed by atoms with van der Waals surface area (Å²) in [4.78, 5) is 25.0. The summed E-state index contributed by atoms with van der Waals surface area (Å²) in [5.74, 6) is 0.488. The fraction of sp³-hybridized carbons (Fsp3) is 0.529. The number of ether oxygens (including phenoxy) is 4. The van der Waals surface area contributed by atoms with Gasteiger partial charge in [-0.15, -0.1) is 0 Å². The van der Waals surface area contributed by atoms with Crippen LogP contribution in [-0.4, -0.2) is 38.4 Å². The number of fused-ring (bicyclic) bond motifs is 2. The highest BCUT2D eigenvalue weighted by molar-refractivity contribution is 6.11. The summed E-state index contributed by atoms with van der Waals surface area (Å²) in [5.41, 5.74) is 2.27. The van der Waals surface area contributed by atoms with Crippen LogP contribution in [0.25, 0.3) is 21.5 Å². The van der Waals surface area contributed by atoms with Crippen molar-refractivity contribution in [3.63, 3.8) is 0 Å². The van der Waals surface area contributed by atoms with Gasteiger partial charge in [-0.2, -0.15) is 0 Å². The van der Waals surface area contributed by atoms with E-state index in [1.165, 1.54) is 0 Å². The van der Waals surface area contributed by atoms with E-state index in [2.05, 4.69) is 52.0 Å². The maximum Gasteiger partial charge on any atom is 0.344 e. The molecule has 40 heavy (non-hydrogen) atoms. The lowest BCUT2D eigenvalue weighted by atomic mass is 9.96. The van der Waals surface area contributed by atoms with Crippen LogP contribution in [0.2, 0.25) is 0 Å². The molecular weight excluding hydrogens is 504 g/mol. The van der Waals surface area contributed by atoms with E-state index in [1.807, 2.05) is 12.1 Å². The Morgan fingerprint density at radius 2 is 0.975 bits per heavy atom. The van der Waals surface area contributed by atoms with Gasteiger partial charge in [0.15, 0.2) is 13.2 Å². The molecule has 0 saturated heterocycles. The van der Waals surface area contributed by atoms with Crippen LogP contribution in [0.3, 0.4) is 0 Å². The fourth-order valence-electron chi connectivity index (χ4n) is 4.77. The molecule has 0 aromatic heterocycles. The molecule has 3 aromatic rings. The summed E-state index contributed by atoms with van der Waals surface area (Å²) in [6.07, 6.45) is 10.1. The third kappa shape index (κ3) is 8.87. The zero-order chi connectivity index (χ0) is 28.7. The standard InChI is InChI=1S/C34H46O6/c1-5-9-11-13-19-37-31(35)23-39-33-27-17-15-26(8-4)22-30(27)34(28-18-16-25(7-3)21-29(28)33)40-24-32(36)38-20-14-12-10-6-2/h15-18,21-22H,5-14,19-20,23-24H2,1-4H3. The van der Waals surface area contributed by atoms with E-state index in [0.717, 1.165) is 96.9 Å². The van der Waals surface area contributed by atoms with Gasteiger partial charge in [-0.25, -0.2) is 9.59 Å². The quantitative estimate of drug-likeness (QED) is 0.0905. The first-order chi connectivity index (χ1) is 19.5. The van der Waals surface area contributed by atoms with Gasteiger partial charge in [0.25, 0.3) is 0 Å². The van der Waals surface area contributed by atoms with Gasteiger partial charge in [0.1, 0.15) is 11.5 Å². The van der Waals surface area contributed by atoms with Gasteiger partial charge in [0, 0.05) is 21.5 Å². The molecule has 6 nitrogen and oxygen atoms in total. The normalized spacial score (nSPS) is 11.1. The van der Waals surface area contributed by atoms with E-state index in [-0.39, 0.29) is 25.2 Å². The second-order valence-electron chi connectivity index (χ2n) is 10.3. The largest absolute Gasteiger partial charge is 0.481 e. The molecule has 0 radical (unpaired) electrons. The van der Waals surface area contributed by atoms with Crippen LogP contribution in [0.4, 0.5) is 0 Å². The Kier molecular flexibility index (Phi) is 13.1. The van der Waals surface area contributed by atoms with Crippen LogP contribution < -0.4 is 9.47 Å².